The van der Waals surface area contributed by atoms with Crippen LogP contribution in [0, 0.1) is 0 Å². The molecule has 1 amide bonds. The van der Waals surface area contributed by atoms with E-state index in [-0.39, 0.29) is 12.5 Å². The van der Waals surface area contributed by atoms with E-state index >= 15 is 0 Å². The maximum atomic E-state index is 12.2. The fraction of sp³-hybridized carbons (Fsp3) is 0.357. The van der Waals surface area contributed by atoms with Gasteiger partial charge in [0.05, 0.1) is 0 Å². The summed E-state index contributed by atoms with van der Waals surface area (Å²) < 4.78 is 24.0. The highest BCUT2D eigenvalue weighted by Gasteiger charge is 2.22. The van der Waals surface area contributed by atoms with Crippen molar-refractivity contribution in [3.05, 3.63) is 40.4 Å². The normalized spacial score (nSPS) is 13.0. The van der Waals surface area contributed by atoms with E-state index in [0.29, 0.717) is 10.6 Å². The number of rotatable bonds is 6. The van der Waals surface area contributed by atoms with E-state index in [2.05, 4.69) is 10.0 Å². The van der Waals surface area contributed by atoms with Crippen LogP contribution in [0.4, 0.5) is 0 Å². The number of amides is 1. The average Bonchev–Trinajstić information content (AvgIpc) is 2.38. The molecule has 0 aliphatic rings. The molecule has 122 valence electrons. The highest BCUT2D eigenvalue weighted by Crippen LogP contribution is 2.18. The molecule has 0 radical (unpaired) electrons. The summed E-state index contributed by atoms with van der Waals surface area (Å²) in [6.45, 7) is 5.01. The number of benzene rings is 1. The summed E-state index contributed by atoms with van der Waals surface area (Å²) in [7, 11) is -3.80. The van der Waals surface area contributed by atoms with Crippen LogP contribution in [0.25, 0.3) is 6.08 Å². The summed E-state index contributed by atoms with van der Waals surface area (Å²) in [6, 6.07) is 7.16. The van der Waals surface area contributed by atoms with Crippen molar-refractivity contribution in [2.24, 2.45) is 5.14 Å². The molecule has 1 rings (SSSR count). The average molecular weight is 346 g/mol. The minimum Gasteiger partial charge on any atom is -0.346 e. The van der Waals surface area contributed by atoms with E-state index in [9.17, 15) is 13.2 Å². The first kappa shape index (κ1) is 18.6. The van der Waals surface area contributed by atoms with Crippen LogP contribution in [-0.4, -0.2) is 26.4 Å². The summed E-state index contributed by atoms with van der Waals surface area (Å²) in [5.74, 6) is -0.318. The van der Waals surface area contributed by atoms with Crippen molar-refractivity contribution in [2.45, 2.75) is 26.3 Å². The second kappa shape index (κ2) is 7.23. The van der Waals surface area contributed by atoms with E-state index < -0.39 is 15.7 Å². The Labute approximate surface area is 135 Å². The Morgan fingerprint density at radius 2 is 1.95 bits per heavy atom. The monoisotopic (exact) mass is 345 g/mol. The Hall–Kier alpha value is -1.41. The lowest BCUT2D eigenvalue weighted by Gasteiger charge is -2.26. The van der Waals surface area contributed by atoms with E-state index in [4.69, 9.17) is 16.7 Å². The van der Waals surface area contributed by atoms with Gasteiger partial charge in [0.2, 0.25) is 5.91 Å². The molecule has 0 bridgehead atoms. The predicted molar refractivity (Wildman–Crippen MR) is 88.4 cm³/mol. The smallest absolute Gasteiger partial charge is 0.274 e. The zero-order valence-corrected chi connectivity index (χ0v) is 14.3. The van der Waals surface area contributed by atoms with Crippen molar-refractivity contribution in [1.29, 1.82) is 0 Å². The second-order valence-electron chi connectivity index (χ2n) is 5.55. The molecule has 1 aromatic carbocycles. The van der Waals surface area contributed by atoms with Crippen LogP contribution in [0.2, 0.25) is 5.02 Å². The molecular weight excluding hydrogens is 326 g/mol. The fourth-order valence-electron chi connectivity index (χ4n) is 1.62. The summed E-state index contributed by atoms with van der Waals surface area (Å²) in [5, 5.41) is 8.16. The van der Waals surface area contributed by atoms with Gasteiger partial charge in [0.25, 0.3) is 10.2 Å². The number of nitrogens with two attached hydrogens (primary N) is 1. The molecule has 0 fully saturated rings. The van der Waals surface area contributed by atoms with Crippen molar-refractivity contribution in [1.82, 2.24) is 10.0 Å². The SMILES string of the molecule is C/C(=C\c1ccccc1Cl)C(=O)NC(C)(C)CNS(N)(=O)=O. The molecule has 0 spiro atoms. The lowest BCUT2D eigenvalue weighted by atomic mass is 10.0. The van der Waals surface area contributed by atoms with Crippen LogP contribution >= 0.6 is 11.6 Å². The van der Waals surface area contributed by atoms with Gasteiger partial charge in [-0.1, -0.05) is 29.8 Å². The first-order chi connectivity index (χ1) is 10.0. The summed E-state index contributed by atoms with van der Waals surface area (Å²) in [4.78, 5) is 12.2. The van der Waals surface area contributed by atoms with Gasteiger partial charge in [0, 0.05) is 22.7 Å². The minimum atomic E-state index is -3.80. The zero-order valence-electron chi connectivity index (χ0n) is 12.7. The molecule has 0 atom stereocenters. The van der Waals surface area contributed by atoms with Crippen LogP contribution in [-0.2, 0) is 15.0 Å². The maximum absolute atomic E-state index is 12.2. The van der Waals surface area contributed by atoms with Gasteiger partial charge < -0.3 is 5.32 Å². The molecule has 0 saturated carbocycles. The van der Waals surface area contributed by atoms with E-state index in [0.717, 1.165) is 5.56 Å². The number of carbonyl (C=O) groups is 1. The molecule has 0 heterocycles. The van der Waals surface area contributed by atoms with Crippen molar-refractivity contribution in [3.63, 3.8) is 0 Å². The first-order valence-corrected chi connectivity index (χ1v) is 8.45. The maximum Gasteiger partial charge on any atom is 0.274 e. The minimum absolute atomic E-state index is 0.0169. The van der Waals surface area contributed by atoms with Crippen LogP contribution in [0.1, 0.15) is 26.3 Å². The summed E-state index contributed by atoms with van der Waals surface area (Å²) >= 11 is 6.04. The Morgan fingerprint density at radius 1 is 1.36 bits per heavy atom. The summed E-state index contributed by atoms with van der Waals surface area (Å²) in [5.41, 5.74) is 0.396. The number of halogens is 1. The van der Waals surface area contributed by atoms with Crippen LogP contribution in [0.5, 0.6) is 0 Å². The quantitative estimate of drug-likeness (QED) is 0.680. The lowest BCUT2D eigenvalue weighted by molar-refractivity contribution is -0.118. The van der Waals surface area contributed by atoms with Gasteiger partial charge in [-0.3, -0.25) is 4.79 Å². The Balaban J connectivity index is 2.77. The van der Waals surface area contributed by atoms with Gasteiger partial charge in [0.1, 0.15) is 0 Å². The van der Waals surface area contributed by atoms with Crippen LogP contribution in [0.15, 0.2) is 29.8 Å². The van der Waals surface area contributed by atoms with Gasteiger partial charge in [-0.15, -0.1) is 0 Å². The predicted octanol–water partition coefficient (Wildman–Crippen LogP) is 1.43. The topological polar surface area (TPSA) is 101 Å². The Morgan fingerprint density at radius 3 is 2.50 bits per heavy atom. The van der Waals surface area contributed by atoms with Gasteiger partial charge >= 0.3 is 0 Å². The van der Waals surface area contributed by atoms with E-state index in [1.165, 1.54) is 0 Å². The van der Waals surface area contributed by atoms with Crippen molar-refractivity contribution in [3.8, 4) is 0 Å². The fourth-order valence-corrected chi connectivity index (χ4v) is 2.37. The highest BCUT2D eigenvalue weighted by molar-refractivity contribution is 7.87. The molecule has 0 aliphatic heterocycles. The third kappa shape index (κ3) is 6.57. The van der Waals surface area contributed by atoms with Gasteiger partial charge in [-0.05, 0) is 38.5 Å². The molecule has 6 nitrogen and oxygen atoms in total. The molecule has 0 unspecified atom stereocenters. The van der Waals surface area contributed by atoms with E-state index in [1.807, 2.05) is 6.07 Å². The molecule has 8 heteroatoms. The molecule has 0 saturated heterocycles. The van der Waals surface area contributed by atoms with Crippen molar-refractivity contribution in [2.75, 3.05) is 6.54 Å². The molecular formula is C14H20ClN3O3S. The molecule has 0 aromatic heterocycles. The van der Waals surface area contributed by atoms with Crippen LogP contribution < -0.4 is 15.2 Å². The summed E-state index contributed by atoms with van der Waals surface area (Å²) in [6.07, 6.45) is 1.67. The standard InChI is InChI=1S/C14H20ClN3O3S/c1-10(8-11-6-4-5-7-12(11)15)13(19)18-14(2,3)9-17-22(16,20)21/h4-8,17H,9H2,1-3H3,(H,18,19)(H2,16,20,21)/b10-8+. The van der Waals surface area contributed by atoms with Gasteiger partial charge in [-0.2, -0.15) is 8.42 Å². The third-order valence-electron chi connectivity index (χ3n) is 2.80. The molecule has 4 N–H and O–H groups in total. The van der Waals surface area contributed by atoms with Gasteiger partial charge in [0.15, 0.2) is 0 Å². The molecule has 0 aliphatic carbocycles. The number of carbonyl (C=O) groups excluding carboxylic acids is 1. The number of hydrogen-bond acceptors (Lipinski definition) is 3. The zero-order chi connectivity index (χ0) is 17.0. The lowest BCUT2D eigenvalue weighted by Crippen LogP contribution is -2.52. The first-order valence-electron chi connectivity index (χ1n) is 6.53. The van der Waals surface area contributed by atoms with Crippen molar-refractivity contribution < 1.29 is 13.2 Å². The Bertz CT molecular complexity index is 684. The highest BCUT2D eigenvalue weighted by atomic mass is 35.5. The Kier molecular flexibility index (Phi) is 6.13. The van der Waals surface area contributed by atoms with Gasteiger partial charge in [-0.25, -0.2) is 9.86 Å². The number of nitrogens with one attached hydrogen (secondary N) is 2. The number of hydrogen-bond donors (Lipinski definition) is 3. The van der Waals surface area contributed by atoms with Crippen LogP contribution in [0.3, 0.4) is 0 Å². The largest absolute Gasteiger partial charge is 0.346 e. The molecule has 1 aromatic rings. The molecule has 22 heavy (non-hydrogen) atoms. The van der Waals surface area contributed by atoms with Crippen molar-refractivity contribution >= 4 is 33.8 Å². The van der Waals surface area contributed by atoms with E-state index in [1.54, 1.807) is 45.0 Å². The third-order valence-corrected chi connectivity index (χ3v) is 3.69. The second-order valence-corrected chi connectivity index (χ2v) is 7.34.